The molecule has 0 spiro atoms. The number of benzene rings is 3. The molecule has 0 atom stereocenters. The maximum absolute atomic E-state index is 13.0. The Labute approximate surface area is 203 Å². The van der Waals surface area contributed by atoms with Crippen molar-refractivity contribution < 1.29 is 27.9 Å². The van der Waals surface area contributed by atoms with Crippen molar-refractivity contribution in [3.63, 3.8) is 0 Å². The molecule has 6 nitrogen and oxygen atoms in total. The maximum Gasteiger partial charge on any atom is 0.432 e. The number of aryl methyl sites for hydroxylation is 1. The number of hydrogen-bond donors (Lipinski definition) is 4. The normalized spacial score (nSPS) is 11.6. The van der Waals surface area contributed by atoms with E-state index in [0.29, 0.717) is 17.3 Å². The van der Waals surface area contributed by atoms with Gasteiger partial charge < -0.3 is 15.7 Å². The topological polar surface area (TPSA) is 102 Å². The summed E-state index contributed by atoms with van der Waals surface area (Å²) in [6.07, 6.45) is -4.23. The number of para-hydroxylation sites is 2. The van der Waals surface area contributed by atoms with Crippen LogP contribution in [-0.4, -0.2) is 28.9 Å². The van der Waals surface area contributed by atoms with Gasteiger partial charge in [-0.2, -0.15) is 13.2 Å². The first kappa shape index (κ1) is 25.5. The first-order valence-corrected chi connectivity index (χ1v) is 10.5. The van der Waals surface area contributed by atoms with Gasteiger partial charge in [-0.1, -0.05) is 48.0 Å². The summed E-state index contributed by atoms with van der Waals surface area (Å²) in [6, 6.07) is 16.6. The molecular weight excluding hydrogens is 483 g/mol. The minimum absolute atomic E-state index is 0.0561. The number of allylic oxidation sites excluding steroid dienone is 1. The van der Waals surface area contributed by atoms with Gasteiger partial charge in [0.15, 0.2) is 0 Å². The van der Waals surface area contributed by atoms with E-state index in [9.17, 15) is 27.9 Å². The predicted octanol–water partition coefficient (Wildman–Crippen LogP) is 6.63. The van der Waals surface area contributed by atoms with Crippen LogP contribution in [0.2, 0.25) is 5.02 Å². The summed E-state index contributed by atoms with van der Waals surface area (Å²) in [5.41, 5.74) is -0.265. The monoisotopic (exact) mass is 501 g/mol. The molecule has 0 saturated heterocycles. The van der Waals surface area contributed by atoms with Crippen LogP contribution < -0.4 is 10.6 Å². The molecule has 0 bridgehead atoms. The smallest absolute Gasteiger partial charge is 0.432 e. The number of rotatable bonds is 7. The van der Waals surface area contributed by atoms with Crippen LogP contribution >= 0.6 is 11.6 Å². The molecule has 10 heteroatoms. The lowest BCUT2D eigenvalue weighted by atomic mass is 10.1. The molecule has 0 aromatic heterocycles. The highest BCUT2D eigenvalue weighted by Crippen LogP contribution is 2.28. The summed E-state index contributed by atoms with van der Waals surface area (Å²) in [5, 5.41) is 22.4. The molecule has 180 valence electrons. The van der Waals surface area contributed by atoms with Crippen molar-refractivity contribution in [2.45, 2.75) is 13.1 Å². The van der Waals surface area contributed by atoms with Crippen LogP contribution in [0.25, 0.3) is 5.70 Å². The predicted molar refractivity (Wildman–Crippen MR) is 129 cm³/mol. The zero-order valence-corrected chi connectivity index (χ0v) is 19.0. The van der Waals surface area contributed by atoms with Crippen molar-refractivity contribution in [1.82, 2.24) is 0 Å². The van der Waals surface area contributed by atoms with Gasteiger partial charge in [0.2, 0.25) is 0 Å². The van der Waals surface area contributed by atoms with Crippen LogP contribution in [0.5, 0.6) is 0 Å². The fourth-order valence-electron chi connectivity index (χ4n) is 3.12. The number of carboxylic acid groups (broad SMARTS) is 1. The summed E-state index contributed by atoms with van der Waals surface area (Å²) in [7, 11) is 0. The van der Waals surface area contributed by atoms with Gasteiger partial charge in [-0.3, -0.25) is 10.2 Å². The van der Waals surface area contributed by atoms with E-state index in [1.807, 2.05) is 0 Å². The first-order valence-electron chi connectivity index (χ1n) is 10.1. The van der Waals surface area contributed by atoms with Crippen LogP contribution in [0.15, 0.2) is 72.8 Å². The molecular formula is C25H19ClF3N3O3. The fourth-order valence-corrected chi connectivity index (χ4v) is 3.31. The average molecular weight is 502 g/mol. The molecule has 0 aliphatic carbocycles. The van der Waals surface area contributed by atoms with Gasteiger partial charge in [-0.25, -0.2) is 4.79 Å². The van der Waals surface area contributed by atoms with Crippen molar-refractivity contribution in [3.05, 3.63) is 100 Å². The third-order valence-electron chi connectivity index (χ3n) is 4.94. The second-order valence-corrected chi connectivity index (χ2v) is 7.82. The van der Waals surface area contributed by atoms with Gasteiger partial charge in [0.05, 0.1) is 22.0 Å². The highest BCUT2D eigenvalue weighted by atomic mass is 35.5. The number of hydrogen-bond acceptors (Lipinski definition) is 4. The molecule has 1 amide bonds. The van der Waals surface area contributed by atoms with Gasteiger partial charge in [-0.05, 0) is 54.5 Å². The molecule has 0 fully saturated rings. The number of nitrogens with one attached hydrogen (secondary N) is 3. The molecule has 3 rings (SSSR count). The zero-order valence-electron chi connectivity index (χ0n) is 18.2. The van der Waals surface area contributed by atoms with Gasteiger partial charge >= 0.3 is 12.1 Å². The number of anilines is 2. The van der Waals surface area contributed by atoms with Crippen molar-refractivity contribution in [2.24, 2.45) is 0 Å². The van der Waals surface area contributed by atoms with E-state index in [1.54, 1.807) is 43.3 Å². The van der Waals surface area contributed by atoms with E-state index >= 15 is 0 Å². The SMILES string of the molecule is Cc1cccc(C(=O)O)c1NC(=O)c1ccc(/C(=C/C(=N)C(F)(F)F)Nc2ccccc2Cl)cc1. The lowest BCUT2D eigenvalue weighted by molar-refractivity contribution is -0.0584. The molecule has 3 aromatic carbocycles. The molecule has 35 heavy (non-hydrogen) atoms. The van der Waals surface area contributed by atoms with E-state index in [2.05, 4.69) is 10.6 Å². The zero-order chi connectivity index (χ0) is 25.8. The Kier molecular flexibility index (Phi) is 7.61. The van der Waals surface area contributed by atoms with Crippen molar-refractivity contribution >= 4 is 46.3 Å². The Balaban J connectivity index is 1.92. The highest BCUT2D eigenvalue weighted by molar-refractivity contribution is 6.33. The van der Waals surface area contributed by atoms with Crippen LogP contribution in [0.1, 0.15) is 31.8 Å². The van der Waals surface area contributed by atoms with E-state index in [4.69, 9.17) is 17.0 Å². The van der Waals surface area contributed by atoms with E-state index < -0.39 is 23.8 Å². The quantitative estimate of drug-likeness (QED) is 0.273. The average Bonchev–Trinajstić information content (AvgIpc) is 2.80. The molecule has 3 aromatic rings. The summed E-state index contributed by atoms with van der Waals surface area (Å²) in [6.45, 7) is 1.65. The van der Waals surface area contributed by atoms with Gasteiger partial charge in [0.25, 0.3) is 5.91 Å². The molecule has 0 unspecified atom stereocenters. The van der Waals surface area contributed by atoms with Gasteiger partial charge in [0, 0.05) is 11.3 Å². The third kappa shape index (κ3) is 6.27. The molecule has 0 aliphatic heterocycles. The molecule has 0 heterocycles. The molecule has 0 aliphatic rings. The van der Waals surface area contributed by atoms with Gasteiger partial charge in [-0.15, -0.1) is 0 Å². The second kappa shape index (κ2) is 10.4. The lowest BCUT2D eigenvalue weighted by Crippen LogP contribution is -2.20. The van der Waals surface area contributed by atoms with Crippen molar-refractivity contribution in [2.75, 3.05) is 10.6 Å². The lowest BCUT2D eigenvalue weighted by Gasteiger charge is -2.15. The number of amides is 1. The Morgan fingerprint density at radius 1 is 0.943 bits per heavy atom. The summed E-state index contributed by atoms with van der Waals surface area (Å²) >= 11 is 6.11. The highest BCUT2D eigenvalue weighted by Gasteiger charge is 2.33. The Morgan fingerprint density at radius 2 is 1.57 bits per heavy atom. The Morgan fingerprint density at radius 3 is 2.17 bits per heavy atom. The van der Waals surface area contributed by atoms with E-state index in [1.165, 1.54) is 30.3 Å². The number of carbonyl (C=O) groups excluding carboxylic acids is 1. The number of carboxylic acids is 1. The van der Waals surface area contributed by atoms with Crippen LogP contribution in [0.4, 0.5) is 24.5 Å². The van der Waals surface area contributed by atoms with Crippen LogP contribution in [-0.2, 0) is 0 Å². The summed E-state index contributed by atoms with van der Waals surface area (Å²) < 4.78 is 39.1. The Bertz CT molecular complexity index is 1320. The van der Waals surface area contributed by atoms with E-state index in [-0.39, 0.29) is 33.1 Å². The first-order chi connectivity index (χ1) is 16.5. The number of aromatic carboxylic acids is 1. The molecule has 4 N–H and O–H groups in total. The Hall–Kier alpha value is -4.11. The van der Waals surface area contributed by atoms with E-state index in [0.717, 1.165) is 0 Å². The van der Waals surface area contributed by atoms with Crippen molar-refractivity contribution in [3.8, 4) is 0 Å². The molecule has 0 radical (unpaired) electrons. The maximum atomic E-state index is 13.0. The fraction of sp³-hybridized carbons (Fsp3) is 0.0800. The second-order valence-electron chi connectivity index (χ2n) is 7.41. The van der Waals surface area contributed by atoms with Crippen LogP contribution in [0, 0.1) is 12.3 Å². The standard InChI is InChI=1S/C25H19ClF3N3O3/c1-14-5-4-6-17(24(34)35)22(14)32-23(33)16-11-9-15(10-12-16)20(13-21(30)25(27,28)29)31-19-8-3-2-7-18(19)26/h2-13,30-31H,1H3,(H,32,33)(H,34,35)/b20-13-,30-21?. The van der Waals surface area contributed by atoms with Crippen molar-refractivity contribution in [1.29, 1.82) is 5.41 Å². The summed E-state index contributed by atoms with van der Waals surface area (Å²) in [4.78, 5) is 24.2. The molecule has 0 saturated carbocycles. The number of alkyl halides is 3. The third-order valence-corrected chi connectivity index (χ3v) is 5.27. The number of carbonyl (C=O) groups is 2. The van der Waals surface area contributed by atoms with Gasteiger partial charge in [0.1, 0.15) is 5.71 Å². The number of halogens is 4. The largest absolute Gasteiger partial charge is 0.478 e. The van der Waals surface area contributed by atoms with Crippen LogP contribution in [0.3, 0.4) is 0 Å². The minimum atomic E-state index is -4.86. The summed E-state index contributed by atoms with van der Waals surface area (Å²) in [5.74, 6) is -1.80. The minimum Gasteiger partial charge on any atom is -0.478 e.